The molecule has 2 aromatic rings. The molecule has 0 aliphatic rings. The molecule has 0 aliphatic heterocycles. The van der Waals surface area contributed by atoms with Crippen LogP contribution in [-0.2, 0) is 10.2 Å². The molecule has 0 saturated heterocycles. The normalized spacial score (nSPS) is 11.2. The summed E-state index contributed by atoms with van der Waals surface area (Å²) in [5.41, 5.74) is 1.80. The molecular weight excluding hydrogens is 310 g/mol. The standard InChI is InChI=1S/C19H22F2N2O/c1-19(2,3)13-7-9-14(10-8-13)22-12-11-17(24)23-18-15(20)5-4-6-16(18)21/h4-10,22H,11-12H2,1-3H3,(H,23,24). The molecule has 3 nitrogen and oxygen atoms in total. The predicted octanol–water partition coefficient (Wildman–Crippen LogP) is 4.70. The molecule has 1 amide bonds. The molecule has 0 radical (unpaired) electrons. The Labute approximate surface area is 141 Å². The Hall–Kier alpha value is -2.43. The van der Waals surface area contributed by atoms with Gasteiger partial charge in [0, 0.05) is 18.7 Å². The highest BCUT2D eigenvalue weighted by molar-refractivity contribution is 5.91. The minimum Gasteiger partial charge on any atom is -0.385 e. The molecule has 2 rings (SSSR count). The van der Waals surface area contributed by atoms with Gasteiger partial charge in [-0.2, -0.15) is 0 Å². The van der Waals surface area contributed by atoms with Crippen molar-refractivity contribution in [3.8, 4) is 0 Å². The maximum atomic E-state index is 13.5. The second-order valence-corrected chi connectivity index (χ2v) is 6.65. The first-order valence-electron chi connectivity index (χ1n) is 7.85. The predicted molar refractivity (Wildman–Crippen MR) is 93.2 cm³/mol. The van der Waals surface area contributed by atoms with Crippen LogP contribution in [0.5, 0.6) is 0 Å². The number of amides is 1. The van der Waals surface area contributed by atoms with Gasteiger partial charge in [-0.25, -0.2) is 8.78 Å². The minimum absolute atomic E-state index is 0.0856. The molecule has 0 heterocycles. The zero-order valence-corrected chi connectivity index (χ0v) is 14.1. The Morgan fingerprint density at radius 2 is 1.58 bits per heavy atom. The van der Waals surface area contributed by atoms with Gasteiger partial charge in [0.25, 0.3) is 0 Å². The van der Waals surface area contributed by atoms with Crippen LogP contribution in [0.1, 0.15) is 32.8 Å². The number of benzene rings is 2. The van der Waals surface area contributed by atoms with Crippen molar-refractivity contribution in [1.29, 1.82) is 0 Å². The minimum atomic E-state index is -0.783. The summed E-state index contributed by atoms with van der Waals surface area (Å²) in [6, 6.07) is 11.4. The van der Waals surface area contributed by atoms with Gasteiger partial charge in [0.1, 0.15) is 17.3 Å². The third-order valence-corrected chi connectivity index (χ3v) is 3.66. The van der Waals surface area contributed by atoms with Gasteiger partial charge in [-0.1, -0.05) is 39.0 Å². The number of carbonyl (C=O) groups excluding carboxylic acids is 1. The average Bonchev–Trinajstić information content (AvgIpc) is 2.51. The zero-order valence-electron chi connectivity index (χ0n) is 14.1. The van der Waals surface area contributed by atoms with Crippen molar-refractivity contribution in [1.82, 2.24) is 0 Å². The van der Waals surface area contributed by atoms with E-state index in [-0.39, 0.29) is 11.8 Å². The lowest BCUT2D eigenvalue weighted by atomic mass is 9.87. The maximum absolute atomic E-state index is 13.5. The zero-order chi connectivity index (χ0) is 17.7. The van der Waals surface area contributed by atoms with Crippen molar-refractivity contribution in [3.05, 3.63) is 59.7 Å². The van der Waals surface area contributed by atoms with E-state index in [1.54, 1.807) is 0 Å². The summed E-state index contributed by atoms with van der Waals surface area (Å²) in [7, 11) is 0. The quantitative estimate of drug-likeness (QED) is 0.833. The van der Waals surface area contributed by atoms with Crippen molar-refractivity contribution >= 4 is 17.3 Å². The van der Waals surface area contributed by atoms with Crippen LogP contribution in [0.3, 0.4) is 0 Å². The number of anilines is 2. The molecule has 0 saturated carbocycles. The molecule has 0 bridgehead atoms. The molecule has 0 atom stereocenters. The van der Waals surface area contributed by atoms with Gasteiger partial charge >= 0.3 is 0 Å². The lowest BCUT2D eigenvalue weighted by Crippen LogP contribution is -2.18. The van der Waals surface area contributed by atoms with Crippen LogP contribution >= 0.6 is 0 Å². The van der Waals surface area contributed by atoms with E-state index < -0.39 is 23.2 Å². The van der Waals surface area contributed by atoms with E-state index in [9.17, 15) is 13.6 Å². The number of hydrogen-bond donors (Lipinski definition) is 2. The fraction of sp³-hybridized carbons (Fsp3) is 0.316. The monoisotopic (exact) mass is 332 g/mol. The fourth-order valence-electron chi connectivity index (χ4n) is 2.23. The van der Waals surface area contributed by atoms with Crippen molar-refractivity contribution in [3.63, 3.8) is 0 Å². The van der Waals surface area contributed by atoms with Gasteiger partial charge in [-0.15, -0.1) is 0 Å². The van der Waals surface area contributed by atoms with Gasteiger partial charge in [0.15, 0.2) is 0 Å². The SMILES string of the molecule is CC(C)(C)c1ccc(NCCC(=O)Nc2c(F)cccc2F)cc1. The highest BCUT2D eigenvalue weighted by atomic mass is 19.1. The molecule has 0 unspecified atom stereocenters. The van der Waals surface area contributed by atoms with E-state index in [4.69, 9.17) is 0 Å². The highest BCUT2D eigenvalue weighted by Gasteiger charge is 2.13. The molecule has 128 valence electrons. The molecule has 0 fully saturated rings. The van der Waals surface area contributed by atoms with Gasteiger partial charge in [0.2, 0.25) is 5.91 Å². The summed E-state index contributed by atoms with van der Waals surface area (Å²) >= 11 is 0. The Morgan fingerprint density at radius 3 is 2.12 bits per heavy atom. The smallest absolute Gasteiger partial charge is 0.226 e. The molecule has 5 heteroatoms. The number of halogens is 2. The molecule has 24 heavy (non-hydrogen) atoms. The van der Waals surface area contributed by atoms with E-state index >= 15 is 0 Å². The van der Waals surface area contributed by atoms with Crippen molar-refractivity contribution in [2.75, 3.05) is 17.2 Å². The number of rotatable bonds is 5. The lowest BCUT2D eigenvalue weighted by molar-refractivity contribution is -0.116. The summed E-state index contributed by atoms with van der Waals surface area (Å²) in [5, 5.41) is 5.39. The number of nitrogens with one attached hydrogen (secondary N) is 2. The number of hydrogen-bond acceptors (Lipinski definition) is 2. The molecular formula is C19H22F2N2O. The first-order chi connectivity index (χ1) is 11.3. The molecule has 2 aromatic carbocycles. The van der Waals surface area contributed by atoms with Crippen LogP contribution in [0.25, 0.3) is 0 Å². The summed E-state index contributed by atoms with van der Waals surface area (Å²) in [6.45, 7) is 6.79. The van der Waals surface area contributed by atoms with E-state index in [1.165, 1.54) is 11.6 Å². The third-order valence-electron chi connectivity index (χ3n) is 3.66. The topological polar surface area (TPSA) is 41.1 Å². The van der Waals surface area contributed by atoms with Crippen LogP contribution < -0.4 is 10.6 Å². The first kappa shape index (κ1) is 17.9. The van der Waals surface area contributed by atoms with Crippen LogP contribution in [0.15, 0.2) is 42.5 Å². The fourth-order valence-corrected chi connectivity index (χ4v) is 2.23. The summed E-state index contributed by atoms with van der Waals surface area (Å²) in [6.07, 6.45) is 0.106. The average molecular weight is 332 g/mol. The van der Waals surface area contributed by atoms with Crippen molar-refractivity contribution < 1.29 is 13.6 Å². The van der Waals surface area contributed by atoms with Crippen LogP contribution in [-0.4, -0.2) is 12.5 Å². The van der Waals surface area contributed by atoms with E-state index in [2.05, 4.69) is 31.4 Å². The van der Waals surface area contributed by atoms with Crippen molar-refractivity contribution in [2.45, 2.75) is 32.6 Å². The van der Waals surface area contributed by atoms with E-state index in [1.807, 2.05) is 24.3 Å². The largest absolute Gasteiger partial charge is 0.385 e. The number of carbonyl (C=O) groups is 1. The van der Waals surface area contributed by atoms with Crippen LogP contribution in [0.2, 0.25) is 0 Å². The van der Waals surface area contributed by atoms with Crippen molar-refractivity contribution in [2.24, 2.45) is 0 Å². The first-order valence-corrected chi connectivity index (χ1v) is 7.85. The van der Waals surface area contributed by atoms with Gasteiger partial charge in [-0.05, 0) is 35.2 Å². The maximum Gasteiger partial charge on any atom is 0.226 e. The van der Waals surface area contributed by atoms with Gasteiger partial charge in [-0.3, -0.25) is 4.79 Å². The van der Waals surface area contributed by atoms with E-state index in [0.29, 0.717) is 6.54 Å². The Morgan fingerprint density at radius 1 is 1.00 bits per heavy atom. The highest BCUT2D eigenvalue weighted by Crippen LogP contribution is 2.23. The molecule has 2 N–H and O–H groups in total. The summed E-state index contributed by atoms with van der Waals surface area (Å²) in [5.74, 6) is -2.01. The molecule has 0 aromatic heterocycles. The number of para-hydroxylation sites is 1. The van der Waals surface area contributed by atoms with Gasteiger partial charge < -0.3 is 10.6 Å². The lowest BCUT2D eigenvalue weighted by Gasteiger charge is -2.19. The molecule has 0 spiro atoms. The molecule has 0 aliphatic carbocycles. The van der Waals surface area contributed by atoms with Crippen LogP contribution in [0, 0.1) is 11.6 Å². The second-order valence-electron chi connectivity index (χ2n) is 6.65. The van der Waals surface area contributed by atoms with Crippen LogP contribution in [0.4, 0.5) is 20.2 Å². The Kier molecular flexibility index (Phi) is 5.54. The Bertz CT molecular complexity index is 686. The Balaban J connectivity index is 1.85. The van der Waals surface area contributed by atoms with Gasteiger partial charge in [0.05, 0.1) is 0 Å². The summed E-state index contributed by atoms with van der Waals surface area (Å²) < 4.78 is 26.9. The van der Waals surface area contributed by atoms with E-state index in [0.717, 1.165) is 17.8 Å². The third kappa shape index (κ3) is 4.78. The second kappa shape index (κ2) is 7.43. The summed E-state index contributed by atoms with van der Waals surface area (Å²) in [4.78, 5) is 11.8.